The molecule has 1 saturated heterocycles. The number of nitrogens with zero attached hydrogens (tertiary/aromatic N) is 1. The predicted octanol–water partition coefficient (Wildman–Crippen LogP) is 1.88. The molecule has 0 aliphatic carbocycles. The number of piperidine rings is 1. The summed E-state index contributed by atoms with van der Waals surface area (Å²) in [5, 5.41) is 2.89. The number of hydrogen-bond donors (Lipinski definition) is 1. The number of carbonyl (C=O) groups is 1. The van der Waals surface area contributed by atoms with Gasteiger partial charge in [-0.15, -0.1) is 0 Å². The van der Waals surface area contributed by atoms with Gasteiger partial charge >= 0.3 is 0 Å². The summed E-state index contributed by atoms with van der Waals surface area (Å²) in [6.07, 6.45) is 2.35. The number of ether oxygens (including phenoxy) is 1. The van der Waals surface area contributed by atoms with Crippen molar-refractivity contribution < 1.29 is 17.9 Å². The zero-order valence-electron chi connectivity index (χ0n) is 14.3. The smallest absolute Gasteiger partial charge is 0.228 e. The topological polar surface area (TPSA) is 75.7 Å². The Bertz CT molecular complexity index is 643. The fourth-order valence-electron chi connectivity index (χ4n) is 2.79. The average Bonchev–Trinajstić information content (AvgIpc) is 2.61. The molecule has 1 atom stereocenters. The van der Waals surface area contributed by atoms with Crippen molar-refractivity contribution in [3.05, 3.63) is 29.8 Å². The van der Waals surface area contributed by atoms with E-state index in [1.54, 1.807) is 0 Å². The fourth-order valence-corrected chi connectivity index (χ4v) is 4.24. The Labute approximate surface area is 144 Å². The van der Waals surface area contributed by atoms with Gasteiger partial charge in [-0.3, -0.25) is 4.79 Å². The lowest BCUT2D eigenvalue weighted by atomic mass is 9.98. The van der Waals surface area contributed by atoms with Crippen LogP contribution in [0.2, 0.25) is 0 Å². The molecule has 1 aromatic carbocycles. The molecule has 134 valence electrons. The highest BCUT2D eigenvalue weighted by atomic mass is 32.2. The summed E-state index contributed by atoms with van der Waals surface area (Å²) in [4.78, 5) is 12.5. The molecule has 1 unspecified atom stereocenters. The van der Waals surface area contributed by atoms with Gasteiger partial charge in [0.05, 0.1) is 18.3 Å². The fraction of sp³-hybridized carbons (Fsp3) is 0.588. The van der Waals surface area contributed by atoms with Gasteiger partial charge < -0.3 is 10.1 Å². The number of benzene rings is 1. The Kier molecular flexibility index (Phi) is 6.77. The maximum Gasteiger partial charge on any atom is 0.228 e. The van der Waals surface area contributed by atoms with Crippen molar-refractivity contribution in [2.45, 2.75) is 26.2 Å². The molecule has 7 heteroatoms. The minimum Gasteiger partial charge on any atom is -0.384 e. The third kappa shape index (κ3) is 5.03. The molecule has 1 amide bonds. The van der Waals surface area contributed by atoms with Crippen LogP contribution in [0.4, 0.5) is 5.69 Å². The van der Waals surface area contributed by atoms with Crippen LogP contribution in [-0.4, -0.2) is 51.2 Å². The second kappa shape index (κ2) is 8.60. The van der Waals surface area contributed by atoms with Crippen LogP contribution in [0, 0.1) is 5.92 Å². The number of sulfonamides is 1. The molecule has 1 N–H and O–H groups in total. The van der Waals surface area contributed by atoms with E-state index in [0.717, 1.165) is 12.1 Å². The van der Waals surface area contributed by atoms with Crippen LogP contribution in [0.15, 0.2) is 24.3 Å². The van der Waals surface area contributed by atoms with Crippen LogP contribution in [0.5, 0.6) is 0 Å². The van der Waals surface area contributed by atoms with Crippen molar-refractivity contribution in [1.29, 1.82) is 0 Å². The number of anilines is 1. The van der Waals surface area contributed by atoms with Gasteiger partial charge in [0.25, 0.3) is 0 Å². The van der Waals surface area contributed by atoms with E-state index >= 15 is 0 Å². The van der Waals surface area contributed by atoms with Crippen molar-refractivity contribution in [2.24, 2.45) is 5.92 Å². The molecule has 0 aromatic heterocycles. The Morgan fingerprint density at radius 3 is 2.67 bits per heavy atom. The van der Waals surface area contributed by atoms with Crippen molar-refractivity contribution in [1.82, 2.24) is 4.31 Å². The van der Waals surface area contributed by atoms with E-state index in [1.165, 1.54) is 17.0 Å². The van der Waals surface area contributed by atoms with E-state index in [0.29, 0.717) is 19.4 Å². The summed E-state index contributed by atoms with van der Waals surface area (Å²) >= 11 is 0. The molecule has 1 aliphatic rings. The quantitative estimate of drug-likeness (QED) is 0.811. The van der Waals surface area contributed by atoms with Crippen molar-refractivity contribution in [3.8, 4) is 0 Å². The van der Waals surface area contributed by atoms with E-state index in [2.05, 4.69) is 12.2 Å². The number of methoxy groups -OCH3 is 1. The van der Waals surface area contributed by atoms with Crippen molar-refractivity contribution in [2.75, 3.05) is 37.9 Å². The first kappa shape index (κ1) is 18.9. The third-order valence-electron chi connectivity index (χ3n) is 4.32. The largest absolute Gasteiger partial charge is 0.384 e. The number of hydrogen-bond acceptors (Lipinski definition) is 4. The average molecular weight is 354 g/mol. The van der Waals surface area contributed by atoms with Gasteiger partial charge in [-0.1, -0.05) is 19.1 Å². The summed E-state index contributed by atoms with van der Waals surface area (Å²) in [6, 6.07) is 7.73. The van der Waals surface area contributed by atoms with E-state index < -0.39 is 10.0 Å². The molecule has 0 spiro atoms. The SMILES string of the molecule is CCc1ccc(NC(=O)C2CCCN(S(=O)(=O)CCOC)C2)cc1. The van der Waals surface area contributed by atoms with Gasteiger partial charge in [-0.25, -0.2) is 12.7 Å². The Balaban J connectivity index is 1.96. The van der Waals surface area contributed by atoms with Gasteiger partial charge in [0.15, 0.2) is 0 Å². The zero-order chi connectivity index (χ0) is 17.6. The first-order valence-electron chi connectivity index (χ1n) is 8.33. The number of carbonyl (C=O) groups excluding carboxylic acids is 1. The summed E-state index contributed by atoms with van der Waals surface area (Å²) in [5.41, 5.74) is 1.96. The minimum atomic E-state index is -3.37. The Morgan fingerprint density at radius 1 is 1.33 bits per heavy atom. The highest BCUT2D eigenvalue weighted by Gasteiger charge is 2.32. The van der Waals surface area contributed by atoms with Gasteiger partial charge in [-0.2, -0.15) is 0 Å². The molecule has 1 fully saturated rings. The minimum absolute atomic E-state index is 0.0453. The van der Waals surface area contributed by atoms with Crippen LogP contribution in [0.1, 0.15) is 25.3 Å². The van der Waals surface area contributed by atoms with Crippen LogP contribution < -0.4 is 5.32 Å². The van der Waals surface area contributed by atoms with Gasteiger partial charge in [0.1, 0.15) is 0 Å². The molecule has 0 saturated carbocycles. The van der Waals surface area contributed by atoms with E-state index in [9.17, 15) is 13.2 Å². The van der Waals surface area contributed by atoms with Crippen LogP contribution in [-0.2, 0) is 26.0 Å². The van der Waals surface area contributed by atoms with Crippen LogP contribution >= 0.6 is 0 Å². The Hall–Kier alpha value is -1.44. The van der Waals surface area contributed by atoms with E-state index in [4.69, 9.17) is 4.74 Å². The zero-order valence-corrected chi connectivity index (χ0v) is 15.1. The number of nitrogens with one attached hydrogen (secondary N) is 1. The molecule has 24 heavy (non-hydrogen) atoms. The summed E-state index contributed by atoms with van der Waals surface area (Å²) in [6.45, 7) is 2.96. The number of rotatable bonds is 7. The van der Waals surface area contributed by atoms with Gasteiger partial charge in [-0.05, 0) is 37.0 Å². The van der Waals surface area contributed by atoms with Gasteiger partial charge in [0, 0.05) is 25.9 Å². The van der Waals surface area contributed by atoms with Crippen LogP contribution in [0.3, 0.4) is 0 Å². The summed E-state index contributed by atoms with van der Waals surface area (Å²) in [7, 11) is -1.89. The molecule has 2 rings (SSSR count). The first-order chi connectivity index (χ1) is 11.5. The standard InChI is InChI=1S/C17H26N2O4S/c1-3-14-6-8-16(9-7-14)18-17(20)15-5-4-10-19(13-15)24(21,22)12-11-23-2/h6-9,15H,3-5,10-13H2,1-2H3,(H,18,20). The lowest BCUT2D eigenvalue weighted by molar-refractivity contribution is -0.120. The number of amides is 1. The monoisotopic (exact) mass is 354 g/mol. The molecule has 6 nitrogen and oxygen atoms in total. The lowest BCUT2D eigenvalue weighted by Crippen LogP contribution is -2.45. The van der Waals surface area contributed by atoms with E-state index in [1.807, 2.05) is 24.3 Å². The normalized spacial score (nSPS) is 19.2. The summed E-state index contributed by atoms with van der Waals surface area (Å²) in [5.74, 6) is -0.483. The highest BCUT2D eigenvalue weighted by Crippen LogP contribution is 2.21. The maximum atomic E-state index is 12.5. The highest BCUT2D eigenvalue weighted by molar-refractivity contribution is 7.89. The third-order valence-corrected chi connectivity index (χ3v) is 6.12. The predicted molar refractivity (Wildman–Crippen MR) is 94.4 cm³/mol. The molecule has 1 aliphatic heterocycles. The molecule has 0 bridgehead atoms. The van der Waals surface area contributed by atoms with Crippen molar-refractivity contribution >= 4 is 21.6 Å². The molecule has 1 aromatic rings. The van der Waals surface area contributed by atoms with Crippen molar-refractivity contribution in [3.63, 3.8) is 0 Å². The Morgan fingerprint density at radius 2 is 2.04 bits per heavy atom. The second-order valence-corrected chi connectivity index (χ2v) is 8.13. The first-order valence-corrected chi connectivity index (χ1v) is 9.93. The molecular weight excluding hydrogens is 328 g/mol. The lowest BCUT2D eigenvalue weighted by Gasteiger charge is -2.31. The molecular formula is C17H26N2O4S. The second-order valence-electron chi connectivity index (χ2n) is 6.05. The number of aryl methyl sites for hydroxylation is 1. The van der Waals surface area contributed by atoms with Gasteiger partial charge in [0.2, 0.25) is 15.9 Å². The molecule has 0 radical (unpaired) electrons. The van der Waals surface area contributed by atoms with E-state index in [-0.39, 0.29) is 30.7 Å². The van der Waals surface area contributed by atoms with Crippen LogP contribution in [0.25, 0.3) is 0 Å². The maximum absolute atomic E-state index is 12.5. The summed E-state index contributed by atoms with van der Waals surface area (Å²) < 4.78 is 30.8. The molecule has 1 heterocycles.